The minimum Gasteiger partial charge on any atom is -0.326 e. The van der Waals surface area contributed by atoms with Gasteiger partial charge in [0.25, 0.3) is 0 Å². The van der Waals surface area contributed by atoms with Crippen LogP contribution in [0.4, 0.5) is 4.39 Å². The molecule has 0 spiro atoms. The third-order valence-corrected chi connectivity index (χ3v) is 3.75. The maximum atomic E-state index is 13.7. The molecule has 1 aliphatic rings. The fourth-order valence-electron chi connectivity index (χ4n) is 2.60. The van der Waals surface area contributed by atoms with Gasteiger partial charge in [-0.1, -0.05) is 31.9 Å². The average Bonchev–Trinajstić information content (AvgIpc) is 2.31. The van der Waals surface area contributed by atoms with Crippen LogP contribution in [0, 0.1) is 11.7 Å². The molecule has 1 aliphatic carbocycles. The molecule has 2 rings (SSSR count). The highest BCUT2D eigenvalue weighted by Gasteiger charge is 2.22. The lowest BCUT2D eigenvalue weighted by atomic mass is 9.79. The first-order valence-electron chi connectivity index (χ1n) is 6.19. The van der Waals surface area contributed by atoms with Crippen molar-refractivity contribution in [1.29, 1.82) is 0 Å². The largest absolute Gasteiger partial charge is 0.326 e. The Bertz CT molecular complexity index is 354. The number of hydrogen-bond acceptors (Lipinski definition) is 1. The van der Waals surface area contributed by atoms with E-state index in [-0.39, 0.29) is 5.82 Å². The van der Waals surface area contributed by atoms with Gasteiger partial charge in [-0.2, -0.15) is 0 Å². The number of halogens is 1. The number of nitrogens with two attached hydrogens (primary N) is 1. The van der Waals surface area contributed by atoms with Crippen LogP contribution in [-0.2, 0) is 6.54 Å². The van der Waals surface area contributed by atoms with Crippen molar-refractivity contribution in [2.24, 2.45) is 11.7 Å². The summed E-state index contributed by atoms with van der Waals surface area (Å²) in [7, 11) is 0. The lowest BCUT2D eigenvalue weighted by Gasteiger charge is -2.27. The zero-order chi connectivity index (χ0) is 11.5. The molecule has 0 aromatic heterocycles. The van der Waals surface area contributed by atoms with Gasteiger partial charge in [-0.25, -0.2) is 4.39 Å². The van der Waals surface area contributed by atoms with Crippen molar-refractivity contribution in [2.75, 3.05) is 0 Å². The van der Waals surface area contributed by atoms with Crippen LogP contribution < -0.4 is 5.73 Å². The summed E-state index contributed by atoms with van der Waals surface area (Å²) < 4.78 is 13.7. The second kappa shape index (κ2) is 4.96. The van der Waals surface area contributed by atoms with E-state index >= 15 is 0 Å². The van der Waals surface area contributed by atoms with Gasteiger partial charge in [0.15, 0.2) is 0 Å². The molecular weight excluding hydrogens is 201 g/mol. The molecule has 0 saturated heterocycles. The Kier molecular flexibility index (Phi) is 3.59. The van der Waals surface area contributed by atoms with E-state index in [1.165, 1.54) is 12.8 Å². The lowest BCUT2D eigenvalue weighted by Crippen LogP contribution is -2.12. The van der Waals surface area contributed by atoms with Crippen LogP contribution in [0.15, 0.2) is 18.2 Å². The molecule has 0 unspecified atom stereocenters. The van der Waals surface area contributed by atoms with Crippen molar-refractivity contribution >= 4 is 0 Å². The van der Waals surface area contributed by atoms with Crippen LogP contribution in [0.1, 0.15) is 49.7 Å². The molecule has 0 atom stereocenters. The number of benzene rings is 1. The maximum absolute atomic E-state index is 13.7. The molecule has 88 valence electrons. The minimum atomic E-state index is -0.0586. The summed E-state index contributed by atoms with van der Waals surface area (Å²) in [6.07, 6.45) is 4.67. The van der Waals surface area contributed by atoms with Gasteiger partial charge in [0.2, 0.25) is 0 Å². The van der Waals surface area contributed by atoms with Crippen molar-refractivity contribution in [3.05, 3.63) is 35.1 Å². The van der Waals surface area contributed by atoms with E-state index in [9.17, 15) is 4.39 Å². The summed E-state index contributed by atoms with van der Waals surface area (Å²) in [5.41, 5.74) is 7.52. The Morgan fingerprint density at radius 3 is 2.56 bits per heavy atom. The first-order valence-corrected chi connectivity index (χ1v) is 6.19. The van der Waals surface area contributed by atoms with Gasteiger partial charge in [0, 0.05) is 6.54 Å². The normalized spacial score (nSPS) is 25.7. The highest BCUT2D eigenvalue weighted by molar-refractivity contribution is 5.28. The first kappa shape index (κ1) is 11.6. The molecule has 1 aromatic carbocycles. The van der Waals surface area contributed by atoms with Crippen LogP contribution in [0.3, 0.4) is 0 Å². The Morgan fingerprint density at radius 1 is 1.25 bits per heavy atom. The standard InChI is InChI=1S/C14H20FN/c1-10-2-5-12(6-3-10)13-8-11(9-16)4-7-14(13)15/h4,7-8,10,12H,2-3,5-6,9,16H2,1H3. The second-order valence-electron chi connectivity index (χ2n) is 5.02. The smallest absolute Gasteiger partial charge is 0.126 e. The summed E-state index contributed by atoms with van der Waals surface area (Å²) >= 11 is 0. The Labute approximate surface area is 96.9 Å². The van der Waals surface area contributed by atoms with Crippen LogP contribution >= 0.6 is 0 Å². The molecule has 2 heteroatoms. The predicted molar refractivity (Wildman–Crippen MR) is 64.7 cm³/mol. The van der Waals surface area contributed by atoms with E-state index < -0.39 is 0 Å². The van der Waals surface area contributed by atoms with Crippen LogP contribution in [-0.4, -0.2) is 0 Å². The third-order valence-electron chi connectivity index (χ3n) is 3.75. The van der Waals surface area contributed by atoms with Gasteiger partial charge in [0.05, 0.1) is 0 Å². The Morgan fingerprint density at radius 2 is 1.94 bits per heavy atom. The zero-order valence-corrected chi connectivity index (χ0v) is 9.88. The molecule has 0 bridgehead atoms. The number of rotatable bonds is 2. The van der Waals surface area contributed by atoms with Crippen molar-refractivity contribution in [3.8, 4) is 0 Å². The summed E-state index contributed by atoms with van der Waals surface area (Å²) in [4.78, 5) is 0. The summed E-state index contributed by atoms with van der Waals surface area (Å²) in [5.74, 6) is 1.15. The van der Waals surface area contributed by atoms with Crippen molar-refractivity contribution in [3.63, 3.8) is 0 Å². The molecule has 0 amide bonds. The SMILES string of the molecule is CC1CCC(c2cc(CN)ccc2F)CC1. The molecule has 0 radical (unpaired) electrons. The molecule has 1 saturated carbocycles. The van der Waals surface area contributed by atoms with Crippen LogP contribution in [0.2, 0.25) is 0 Å². The monoisotopic (exact) mass is 221 g/mol. The van der Waals surface area contributed by atoms with E-state index in [1.807, 2.05) is 6.07 Å². The summed E-state index contributed by atoms with van der Waals surface area (Å²) in [5, 5.41) is 0. The molecule has 1 fully saturated rings. The molecule has 1 nitrogen and oxygen atoms in total. The number of hydrogen-bond donors (Lipinski definition) is 1. The van der Waals surface area contributed by atoms with Crippen molar-refractivity contribution < 1.29 is 4.39 Å². The minimum absolute atomic E-state index is 0.0586. The fraction of sp³-hybridized carbons (Fsp3) is 0.571. The van der Waals surface area contributed by atoms with Gasteiger partial charge in [-0.15, -0.1) is 0 Å². The van der Waals surface area contributed by atoms with Gasteiger partial charge in [0.1, 0.15) is 5.82 Å². The second-order valence-corrected chi connectivity index (χ2v) is 5.02. The summed E-state index contributed by atoms with van der Waals surface area (Å²) in [6, 6.07) is 5.30. The van der Waals surface area contributed by atoms with Crippen LogP contribution in [0.5, 0.6) is 0 Å². The quantitative estimate of drug-likeness (QED) is 0.811. The first-order chi connectivity index (χ1) is 7.70. The molecule has 0 aliphatic heterocycles. The third kappa shape index (κ3) is 2.43. The van der Waals surface area contributed by atoms with E-state index in [4.69, 9.17) is 5.73 Å². The molecule has 1 aromatic rings. The highest BCUT2D eigenvalue weighted by Crippen LogP contribution is 2.36. The predicted octanol–water partition coefficient (Wildman–Crippen LogP) is 3.58. The molecular formula is C14H20FN. The van der Waals surface area contributed by atoms with E-state index in [2.05, 4.69) is 6.92 Å². The van der Waals surface area contributed by atoms with Gasteiger partial charge in [-0.05, 0) is 41.9 Å². The van der Waals surface area contributed by atoms with Gasteiger partial charge < -0.3 is 5.73 Å². The van der Waals surface area contributed by atoms with Crippen molar-refractivity contribution in [1.82, 2.24) is 0 Å². The van der Waals surface area contributed by atoms with Gasteiger partial charge >= 0.3 is 0 Å². The Hall–Kier alpha value is -0.890. The topological polar surface area (TPSA) is 26.0 Å². The summed E-state index contributed by atoms with van der Waals surface area (Å²) in [6.45, 7) is 2.78. The van der Waals surface area contributed by atoms with Crippen LogP contribution in [0.25, 0.3) is 0 Å². The molecule has 2 N–H and O–H groups in total. The van der Waals surface area contributed by atoms with E-state index in [1.54, 1.807) is 12.1 Å². The zero-order valence-electron chi connectivity index (χ0n) is 9.88. The van der Waals surface area contributed by atoms with E-state index in [0.717, 1.165) is 29.9 Å². The fourth-order valence-corrected chi connectivity index (χ4v) is 2.60. The highest BCUT2D eigenvalue weighted by atomic mass is 19.1. The van der Waals surface area contributed by atoms with Crippen molar-refractivity contribution in [2.45, 2.75) is 45.1 Å². The van der Waals surface area contributed by atoms with E-state index in [0.29, 0.717) is 12.5 Å². The molecule has 16 heavy (non-hydrogen) atoms. The Balaban J connectivity index is 2.19. The maximum Gasteiger partial charge on any atom is 0.126 e. The lowest BCUT2D eigenvalue weighted by molar-refractivity contribution is 0.342. The van der Waals surface area contributed by atoms with Gasteiger partial charge in [-0.3, -0.25) is 0 Å². The molecule has 0 heterocycles. The average molecular weight is 221 g/mol.